The number of benzene rings is 1. The highest BCUT2D eigenvalue weighted by Gasteiger charge is 2.40. The van der Waals surface area contributed by atoms with Gasteiger partial charge < -0.3 is 0 Å². The topological polar surface area (TPSA) is 17.1 Å². The van der Waals surface area contributed by atoms with E-state index in [4.69, 9.17) is 23.2 Å². The maximum atomic E-state index is 12.5. The summed E-state index contributed by atoms with van der Waals surface area (Å²) in [7, 11) is 0. The van der Waals surface area contributed by atoms with E-state index in [1.165, 1.54) is 0 Å². The fourth-order valence-electron chi connectivity index (χ4n) is 2.69. The second-order valence-corrected chi connectivity index (χ2v) is 6.18. The van der Waals surface area contributed by atoms with Gasteiger partial charge in [0.2, 0.25) is 0 Å². The molecule has 1 fully saturated rings. The second kappa shape index (κ2) is 4.62. The molecule has 1 unspecified atom stereocenters. The summed E-state index contributed by atoms with van der Waals surface area (Å²) in [5, 5.41) is 0.843. The van der Waals surface area contributed by atoms with Crippen LogP contribution in [-0.4, -0.2) is 5.78 Å². The Morgan fingerprint density at radius 1 is 1.35 bits per heavy atom. The van der Waals surface area contributed by atoms with Crippen molar-refractivity contribution < 1.29 is 4.79 Å². The van der Waals surface area contributed by atoms with Crippen LogP contribution in [0.15, 0.2) is 18.2 Å². The van der Waals surface area contributed by atoms with E-state index in [-0.39, 0.29) is 17.1 Å². The standard InChI is InChI=1S/C14H16Cl2O/c1-14(2)8-4-6-10(14)13(17)9-5-3-7-11(15)12(9)16/h3,5,7,10H,4,6,8H2,1-2H3. The van der Waals surface area contributed by atoms with Gasteiger partial charge in [0.15, 0.2) is 5.78 Å². The maximum Gasteiger partial charge on any atom is 0.168 e. The van der Waals surface area contributed by atoms with Crippen LogP contribution in [0.1, 0.15) is 43.5 Å². The van der Waals surface area contributed by atoms with Gasteiger partial charge in [0.25, 0.3) is 0 Å². The number of carbonyl (C=O) groups is 1. The minimum Gasteiger partial charge on any atom is -0.294 e. The van der Waals surface area contributed by atoms with Gasteiger partial charge in [0, 0.05) is 11.5 Å². The van der Waals surface area contributed by atoms with Crippen molar-refractivity contribution in [2.75, 3.05) is 0 Å². The van der Waals surface area contributed by atoms with Crippen molar-refractivity contribution in [3.63, 3.8) is 0 Å². The number of rotatable bonds is 2. The van der Waals surface area contributed by atoms with Crippen molar-refractivity contribution in [1.82, 2.24) is 0 Å². The molecule has 1 aliphatic carbocycles. The first-order valence-corrected chi connectivity index (χ1v) is 6.67. The molecule has 0 heterocycles. The first-order valence-electron chi connectivity index (χ1n) is 5.92. The van der Waals surface area contributed by atoms with E-state index in [1.54, 1.807) is 18.2 Å². The predicted molar refractivity (Wildman–Crippen MR) is 71.9 cm³/mol. The zero-order valence-electron chi connectivity index (χ0n) is 10.1. The summed E-state index contributed by atoms with van der Waals surface area (Å²) in [5.74, 6) is 0.207. The quantitative estimate of drug-likeness (QED) is 0.691. The highest BCUT2D eigenvalue weighted by atomic mass is 35.5. The zero-order valence-corrected chi connectivity index (χ0v) is 11.6. The largest absolute Gasteiger partial charge is 0.294 e. The van der Waals surface area contributed by atoms with Crippen LogP contribution in [0.5, 0.6) is 0 Å². The summed E-state index contributed by atoms with van der Waals surface area (Å²) in [5.41, 5.74) is 0.641. The van der Waals surface area contributed by atoms with E-state index < -0.39 is 0 Å². The minimum absolute atomic E-state index is 0.0680. The van der Waals surface area contributed by atoms with Crippen LogP contribution in [0.3, 0.4) is 0 Å². The first-order chi connectivity index (χ1) is 7.93. The molecular formula is C14H16Cl2O. The van der Waals surface area contributed by atoms with Crippen molar-refractivity contribution in [2.24, 2.45) is 11.3 Å². The zero-order chi connectivity index (χ0) is 12.6. The maximum absolute atomic E-state index is 12.5. The van der Waals surface area contributed by atoms with Crippen LogP contribution in [-0.2, 0) is 0 Å². The summed E-state index contributed by atoms with van der Waals surface area (Å²) >= 11 is 12.1. The highest BCUT2D eigenvalue weighted by Crippen LogP contribution is 2.45. The van der Waals surface area contributed by atoms with Gasteiger partial charge in [-0.15, -0.1) is 0 Å². The number of Topliss-reactive ketones (excluding diaryl/α,β-unsaturated/α-hetero) is 1. The van der Waals surface area contributed by atoms with Gasteiger partial charge in [0.05, 0.1) is 10.0 Å². The van der Waals surface area contributed by atoms with E-state index in [0.29, 0.717) is 15.6 Å². The van der Waals surface area contributed by atoms with Crippen molar-refractivity contribution in [3.05, 3.63) is 33.8 Å². The van der Waals surface area contributed by atoms with Gasteiger partial charge in [-0.3, -0.25) is 4.79 Å². The number of hydrogen-bond acceptors (Lipinski definition) is 1. The molecule has 1 aromatic rings. The average Bonchev–Trinajstić information content (AvgIpc) is 2.61. The molecule has 1 nitrogen and oxygen atoms in total. The molecule has 3 heteroatoms. The van der Waals surface area contributed by atoms with Gasteiger partial charge in [-0.1, -0.05) is 49.5 Å². The molecule has 0 radical (unpaired) electrons. The molecule has 2 rings (SSSR count). The Labute approximate surface area is 112 Å². The Morgan fingerprint density at radius 2 is 2.06 bits per heavy atom. The summed E-state index contributed by atoms with van der Waals surface area (Å²) in [6, 6.07) is 5.26. The van der Waals surface area contributed by atoms with E-state index in [1.807, 2.05) is 0 Å². The lowest BCUT2D eigenvalue weighted by Crippen LogP contribution is -2.26. The van der Waals surface area contributed by atoms with E-state index >= 15 is 0 Å². The molecule has 1 atom stereocenters. The summed E-state index contributed by atoms with van der Waals surface area (Å²) in [6.45, 7) is 4.31. The van der Waals surface area contributed by atoms with Crippen molar-refractivity contribution in [2.45, 2.75) is 33.1 Å². The third kappa shape index (κ3) is 2.36. The predicted octanol–water partition coefficient (Wildman–Crippen LogP) is 5.00. The Kier molecular flexibility index (Phi) is 3.51. The SMILES string of the molecule is CC1(C)CCCC1C(=O)c1cccc(Cl)c1Cl. The van der Waals surface area contributed by atoms with Gasteiger partial charge in [-0.2, -0.15) is 0 Å². The molecule has 0 aliphatic heterocycles. The number of ketones is 1. The molecule has 1 saturated carbocycles. The Balaban J connectivity index is 2.35. The molecule has 1 aromatic carbocycles. The lowest BCUT2D eigenvalue weighted by molar-refractivity contribution is 0.0839. The Bertz CT molecular complexity index is 452. The van der Waals surface area contributed by atoms with Crippen LogP contribution < -0.4 is 0 Å². The van der Waals surface area contributed by atoms with Gasteiger partial charge >= 0.3 is 0 Å². The normalized spacial score (nSPS) is 22.7. The van der Waals surface area contributed by atoms with Crippen molar-refractivity contribution >= 4 is 29.0 Å². The van der Waals surface area contributed by atoms with Crippen LogP contribution in [0.2, 0.25) is 10.0 Å². The molecule has 0 amide bonds. The molecule has 0 aromatic heterocycles. The van der Waals surface area contributed by atoms with E-state index in [9.17, 15) is 4.79 Å². The molecule has 0 bridgehead atoms. The monoisotopic (exact) mass is 270 g/mol. The second-order valence-electron chi connectivity index (χ2n) is 5.40. The van der Waals surface area contributed by atoms with Crippen LogP contribution in [0, 0.1) is 11.3 Å². The van der Waals surface area contributed by atoms with Gasteiger partial charge in [0.1, 0.15) is 0 Å². The number of hydrogen-bond donors (Lipinski definition) is 0. The van der Waals surface area contributed by atoms with Crippen molar-refractivity contribution in [3.8, 4) is 0 Å². The fourth-order valence-corrected chi connectivity index (χ4v) is 3.09. The molecule has 0 spiro atoms. The smallest absolute Gasteiger partial charge is 0.168 e. The highest BCUT2D eigenvalue weighted by molar-refractivity contribution is 6.44. The molecule has 0 N–H and O–H groups in total. The first kappa shape index (κ1) is 12.9. The fraction of sp³-hybridized carbons (Fsp3) is 0.500. The van der Waals surface area contributed by atoms with E-state index in [0.717, 1.165) is 19.3 Å². The number of carbonyl (C=O) groups excluding carboxylic acids is 1. The molecule has 17 heavy (non-hydrogen) atoms. The molecule has 1 aliphatic rings. The summed E-state index contributed by atoms with van der Waals surface area (Å²) in [6.07, 6.45) is 3.16. The van der Waals surface area contributed by atoms with Crippen molar-refractivity contribution in [1.29, 1.82) is 0 Å². The average molecular weight is 271 g/mol. The lowest BCUT2D eigenvalue weighted by atomic mass is 9.78. The number of halogens is 2. The Morgan fingerprint density at radius 3 is 2.65 bits per heavy atom. The molecule has 92 valence electrons. The summed E-state index contributed by atoms with van der Waals surface area (Å²) < 4.78 is 0. The summed E-state index contributed by atoms with van der Waals surface area (Å²) in [4.78, 5) is 12.5. The molecular weight excluding hydrogens is 255 g/mol. The van der Waals surface area contributed by atoms with Gasteiger partial charge in [-0.25, -0.2) is 0 Å². The Hall–Kier alpha value is -0.530. The third-order valence-electron chi connectivity index (χ3n) is 3.79. The lowest BCUT2D eigenvalue weighted by Gasteiger charge is -2.26. The van der Waals surface area contributed by atoms with Crippen LogP contribution in [0.4, 0.5) is 0 Å². The molecule has 0 saturated heterocycles. The van der Waals surface area contributed by atoms with Gasteiger partial charge in [-0.05, 0) is 30.4 Å². The minimum atomic E-state index is 0.0680. The van der Waals surface area contributed by atoms with Crippen LogP contribution >= 0.6 is 23.2 Å². The van der Waals surface area contributed by atoms with E-state index in [2.05, 4.69) is 13.8 Å². The third-order valence-corrected chi connectivity index (χ3v) is 4.61. The van der Waals surface area contributed by atoms with Crippen LogP contribution in [0.25, 0.3) is 0 Å².